The molecule has 0 fully saturated rings. The molecular weight excluding hydrogens is 222 g/mol. The van der Waals surface area contributed by atoms with E-state index in [9.17, 15) is 4.79 Å². The maximum atomic E-state index is 11.5. The first kappa shape index (κ1) is 10.5. The Morgan fingerprint density at radius 1 is 1.31 bits per heavy atom. The summed E-state index contributed by atoms with van der Waals surface area (Å²) in [5.41, 5.74) is 0. The van der Waals surface area contributed by atoms with Crippen LogP contribution in [0.4, 0.5) is 5.95 Å². The molecule has 16 heavy (non-hydrogen) atoms. The molecule has 5 heteroatoms. The number of thiophene rings is 1. The number of allylic oxidation sites excluding steroid dienone is 1. The lowest BCUT2D eigenvalue weighted by Crippen LogP contribution is -1.96. The fourth-order valence-corrected chi connectivity index (χ4v) is 1.71. The average Bonchev–Trinajstić information content (AvgIpc) is 2.84. The fourth-order valence-electron chi connectivity index (χ4n) is 1.07. The van der Waals surface area contributed by atoms with E-state index in [1.807, 2.05) is 11.4 Å². The molecule has 0 aliphatic heterocycles. The second kappa shape index (κ2) is 5.18. The Hall–Kier alpha value is -2.01. The van der Waals surface area contributed by atoms with Gasteiger partial charge in [-0.1, -0.05) is 6.07 Å². The topological polar surface area (TPSA) is 54.9 Å². The van der Waals surface area contributed by atoms with Crippen molar-refractivity contribution >= 4 is 23.1 Å². The number of aromatic nitrogens is 2. The van der Waals surface area contributed by atoms with Crippen LogP contribution in [0.3, 0.4) is 0 Å². The van der Waals surface area contributed by atoms with Crippen LogP contribution in [0.15, 0.2) is 48.2 Å². The number of nitrogens with zero attached hydrogens (tertiary/aromatic N) is 2. The second-order valence-corrected chi connectivity index (χ2v) is 3.84. The highest BCUT2D eigenvalue weighted by Crippen LogP contribution is 2.09. The molecule has 0 unspecified atom stereocenters. The third-order valence-corrected chi connectivity index (χ3v) is 2.66. The number of hydrogen-bond acceptors (Lipinski definition) is 5. The molecule has 2 aromatic heterocycles. The van der Waals surface area contributed by atoms with Gasteiger partial charge in [-0.25, -0.2) is 9.97 Å². The summed E-state index contributed by atoms with van der Waals surface area (Å²) in [6, 6.07) is 5.36. The minimum atomic E-state index is -0.0292. The zero-order valence-electron chi connectivity index (χ0n) is 8.33. The predicted octanol–water partition coefficient (Wildman–Crippen LogP) is 2.35. The first-order valence-corrected chi connectivity index (χ1v) is 5.52. The molecule has 2 rings (SSSR count). The van der Waals surface area contributed by atoms with E-state index in [0.717, 1.165) is 0 Å². The summed E-state index contributed by atoms with van der Waals surface area (Å²) in [6.45, 7) is 0. The van der Waals surface area contributed by atoms with Crippen LogP contribution in [0, 0.1) is 0 Å². The Bertz CT molecular complexity index is 479. The number of rotatable bonds is 4. The monoisotopic (exact) mass is 231 g/mol. The molecule has 2 aromatic rings. The van der Waals surface area contributed by atoms with Gasteiger partial charge in [-0.15, -0.1) is 11.3 Å². The summed E-state index contributed by atoms with van der Waals surface area (Å²) in [5.74, 6) is 0.441. The van der Waals surface area contributed by atoms with E-state index < -0.39 is 0 Å². The predicted molar refractivity (Wildman–Crippen MR) is 63.4 cm³/mol. The van der Waals surface area contributed by atoms with E-state index in [1.165, 1.54) is 23.6 Å². The third-order valence-electron chi connectivity index (χ3n) is 1.78. The summed E-state index contributed by atoms with van der Waals surface area (Å²) in [7, 11) is 0. The summed E-state index contributed by atoms with van der Waals surface area (Å²) >= 11 is 1.42. The highest BCUT2D eigenvalue weighted by Gasteiger charge is 2.00. The molecule has 0 atom stereocenters. The van der Waals surface area contributed by atoms with Gasteiger partial charge in [0.05, 0.1) is 4.88 Å². The molecule has 0 aromatic carbocycles. The van der Waals surface area contributed by atoms with Crippen LogP contribution in [0.1, 0.15) is 9.67 Å². The van der Waals surface area contributed by atoms with Crippen LogP contribution >= 0.6 is 11.3 Å². The molecule has 4 nitrogen and oxygen atoms in total. The van der Waals surface area contributed by atoms with Gasteiger partial charge in [0.1, 0.15) is 0 Å². The zero-order valence-corrected chi connectivity index (χ0v) is 9.15. The van der Waals surface area contributed by atoms with Gasteiger partial charge in [0, 0.05) is 24.7 Å². The summed E-state index contributed by atoms with van der Waals surface area (Å²) in [4.78, 5) is 20.2. The van der Waals surface area contributed by atoms with Gasteiger partial charge < -0.3 is 5.32 Å². The number of carbonyl (C=O) groups excluding carboxylic acids is 1. The molecular formula is C11H9N3OS. The Labute approximate surface area is 96.7 Å². The lowest BCUT2D eigenvalue weighted by atomic mass is 10.3. The normalized spacial score (nSPS) is 10.5. The maximum absolute atomic E-state index is 11.5. The van der Waals surface area contributed by atoms with E-state index in [2.05, 4.69) is 15.3 Å². The van der Waals surface area contributed by atoms with Crippen molar-refractivity contribution in [2.24, 2.45) is 0 Å². The van der Waals surface area contributed by atoms with E-state index in [-0.39, 0.29) is 5.78 Å². The van der Waals surface area contributed by atoms with E-state index in [0.29, 0.717) is 10.8 Å². The highest BCUT2D eigenvalue weighted by atomic mass is 32.1. The summed E-state index contributed by atoms with van der Waals surface area (Å²) in [6.07, 6.45) is 6.26. The van der Waals surface area contributed by atoms with Crippen LogP contribution in [0.25, 0.3) is 0 Å². The molecule has 0 spiro atoms. The highest BCUT2D eigenvalue weighted by molar-refractivity contribution is 7.12. The largest absolute Gasteiger partial charge is 0.331 e. The molecule has 0 saturated carbocycles. The second-order valence-electron chi connectivity index (χ2n) is 2.89. The molecule has 2 heterocycles. The molecule has 0 aliphatic rings. The van der Waals surface area contributed by atoms with Crippen LogP contribution in [-0.2, 0) is 0 Å². The number of hydrogen-bond donors (Lipinski definition) is 1. The molecule has 0 saturated heterocycles. The number of nitrogens with one attached hydrogen (secondary N) is 1. The van der Waals surface area contributed by atoms with Crippen molar-refractivity contribution in [2.45, 2.75) is 0 Å². The maximum Gasteiger partial charge on any atom is 0.226 e. The Morgan fingerprint density at radius 2 is 2.12 bits per heavy atom. The lowest BCUT2D eigenvalue weighted by molar-refractivity contribution is 0.105. The van der Waals surface area contributed by atoms with Gasteiger partial charge in [0.25, 0.3) is 0 Å². The van der Waals surface area contributed by atoms with Crippen LogP contribution in [0.5, 0.6) is 0 Å². The fraction of sp³-hybridized carbons (Fsp3) is 0. The molecule has 0 aliphatic carbocycles. The van der Waals surface area contributed by atoms with Crippen molar-refractivity contribution in [3.8, 4) is 0 Å². The lowest BCUT2D eigenvalue weighted by Gasteiger charge is -1.95. The zero-order chi connectivity index (χ0) is 11.2. The molecule has 80 valence electrons. The third kappa shape index (κ3) is 2.74. The van der Waals surface area contributed by atoms with Gasteiger partial charge in [0.2, 0.25) is 5.95 Å². The smallest absolute Gasteiger partial charge is 0.226 e. The van der Waals surface area contributed by atoms with Crippen molar-refractivity contribution in [1.29, 1.82) is 0 Å². The minimum Gasteiger partial charge on any atom is -0.331 e. The van der Waals surface area contributed by atoms with E-state index in [1.54, 1.807) is 24.5 Å². The number of carbonyl (C=O) groups is 1. The first-order valence-electron chi connectivity index (χ1n) is 4.64. The van der Waals surface area contributed by atoms with Gasteiger partial charge in [-0.05, 0) is 17.5 Å². The van der Waals surface area contributed by atoms with Crippen molar-refractivity contribution in [2.75, 3.05) is 5.32 Å². The molecule has 0 amide bonds. The molecule has 0 radical (unpaired) electrons. The molecule has 0 bridgehead atoms. The Morgan fingerprint density at radius 3 is 2.81 bits per heavy atom. The average molecular weight is 231 g/mol. The first-order chi connectivity index (χ1) is 7.86. The quantitative estimate of drug-likeness (QED) is 0.648. The van der Waals surface area contributed by atoms with Gasteiger partial charge in [-0.3, -0.25) is 4.79 Å². The van der Waals surface area contributed by atoms with Crippen molar-refractivity contribution in [3.05, 3.63) is 53.1 Å². The van der Waals surface area contributed by atoms with Crippen molar-refractivity contribution in [3.63, 3.8) is 0 Å². The molecule has 1 N–H and O–H groups in total. The standard InChI is InChI=1S/C11H9N3OS/c15-9(10-3-1-8-16-10)4-7-14-11-12-5-2-6-13-11/h1-8H,(H,12,13,14)/b7-4+. The number of anilines is 1. The van der Waals surface area contributed by atoms with Gasteiger partial charge >= 0.3 is 0 Å². The minimum absolute atomic E-state index is 0.0292. The summed E-state index contributed by atoms with van der Waals surface area (Å²) < 4.78 is 0. The Balaban J connectivity index is 1.93. The van der Waals surface area contributed by atoms with Crippen LogP contribution in [-0.4, -0.2) is 15.8 Å². The van der Waals surface area contributed by atoms with Gasteiger partial charge in [-0.2, -0.15) is 0 Å². The van der Waals surface area contributed by atoms with E-state index >= 15 is 0 Å². The van der Waals surface area contributed by atoms with Gasteiger partial charge in [0.15, 0.2) is 5.78 Å². The SMILES string of the molecule is O=C(/C=C/Nc1ncccn1)c1cccs1. The summed E-state index contributed by atoms with van der Waals surface area (Å²) in [5, 5.41) is 4.69. The van der Waals surface area contributed by atoms with E-state index in [4.69, 9.17) is 0 Å². The van der Waals surface area contributed by atoms with Crippen molar-refractivity contribution in [1.82, 2.24) is 9.97 Å². The van der Waals surface area contributed by atoms with Crippen molar-refractivity contribution < 1.29 is 4.79 Å². The number of ketones is 1. The Kier molecular flexibility index (Phi) is 3.40. The van der Waals surface area contributed by atoms with Crippen LogP contribution < -0.4 is 5.32 Å². The van der Waals surface area contributed by atoms with Crippen LogP contribution in [0.2, 0.25) is 0 Å².